The minimum Gasteiger partial charge on any atom is -0.273 e. The Balaban J connectivity index is 3.69. The summed E-state index contributed by atoms with van der Waals surface area (Å²) in [5.41, 5.74) is 1.21. The van der Waals surface area contributed by atoms with Gasteiger partial charge in [-0.3, -0.25) is 4.99 Å². The van der Waals surface area contributed by atoms with Crippen molar-refractivity contribution in [2.24, 2.45) is 4.99 Å². The first-order chi connectivity index (χ1) is 3.81. The molecule has 0 fully saturated rings. The third-order valence-electron chi connectivity index (χ3n) is 0.898. The second-order valence-corrected chi connectivity index (χ2v) is 1.53. The number of hydrogen-bond donors (Lipinski definition) is 0. The second kappa shape index (κ2) is 4.31. The van der Waals surface area contributed by atoms with Crippen LogP contribution < -0.4 is 0 Å². The maximum Gasteiger partial charge on any atom is 0.0263 e. The molecule has 0 aromatic carbocycles. The molecule has 0 rings (SSSR count). The van der Waals surface area contributed by atoms with E-state index >= 15 is 0 Å². The largest absolute Gasteiger partial charge is 0.273 e. The number of rotatable bonds is 2. The molecule has 0 amide bonds. The lowest BCUT2D eigenvalue weighted by Crippen LogP contribution is -1.61. The van der Waals surface area contributed by atoms with E-state index in [9.17, 15) is 0 Å². The third kappa shape index (κ3) is 3.34. The molecule has 0 unspecified atom stereocenters. The average Bonchev–Trinajstić information content (AvgIpc) is 1.83. The van der Waals surface area contributed by atoms with E-state index in [1.807, 2.05) is 26.0 Å². The molecule has 0 radical (unpaired) electrons. The van der Waals surface area contributed by atoms with Crippen molar-refractivity contribution < 1.29 is 0 Å². The van der Waals surface area contributed by atoms with Gasteiger partial charge in [0.15, 0.2) is 0 Å². The Labute approximate surface area is 50.4 Å². The van der Waals surface area contributed by atoms with Crippen molar-refractivity contribution >= 4 is 6.72 Å². The van der Waals surface area contributed by atoms with Crippen molar-refractivity contribution in [3.05, 3.63) is 23.9 Å². The Hall–Kier alpha value is -0.850. The van der Waals surface area contributed by atoms with Crippen LogP contribution in [0.25, 0.3) is 0 Å². The van der Waals surface area contributed by atoms with Crippen LogP contribution in [-0.2, 0) is 0 Å². The highest BCUT2D eigenvalue weighted by molar-refractivity contribution is 5.27. The molecule has 1 nitrogen and oxygen atoms in total. The Kier molecular flexibility index (Phi) is 3.85. The number of nitrogens with zero attached hydrogens (tertiary/aromatic N) is 1. The second-order valence-electron chi connectivity index (χ2n) is 1.53. The summed E-state index contributed by atoms with van der Waals surface area (Å²) in [6, 6.07) is 0. The molecule has 1 heteroatoms. The minimum absolute atomic E-state index is 1.21. The Bertz CT molecular complexity index is 120. The number of allylic oxidation sites excluding steroid dienone is 3. The zero-order chi connectivity index (χ0) is 6.41. The van der Waals surface area contributed by atoms with Crippen LogP contribution in [0.2, 0.25) is 0 Å². The summed E-state index contributed by atoms with van der Waals surface area (Å²) in [6.07, 6.45) is 5.60. The van der Waals surface area contributed by atoms with Gasteiger partial charge in [-0.05, 0) is 26.6 Å². The van der Waals surface area contributed by atoms with E-state index in [1.165, 1.54) is 5.57 Å². The summed E-state index contributed by atoms with van der Waals surface area (Å²) < 4.78 is 0. The molecule has 0 aliphatic heterocycles. The van der Waals surface area contributed by atoms with Gasteiger partial charge in [0.1, 0.15) is 0 Å². The van der Waals surface area contributed by atoms with Crippen LogP contribution in [0.4, 0.5) is 0 Å². The van der Waals surface area contributed by atoms with Crippen LogP contribution in [0.1, 0.15) is 13.8 Å². The predicted octanol–water partition coefficient (Wildman–Crippen LogP) is 2.17. The molecule has 0 atom stereocenters. The topological polar surface area (TPSA) is 12.4 Å². The van der Waals surface area contributed by atoms with E-state index in [2.05, 4.69) is 11.7 Å². The Morgan fingerprint density at radius 1 is 1.62 bits per heavy atom. The van der Waals surface area contributed by atoms with Gasteiger partial charge in [0, 0.05) is 6.20 Å². The van der Waals surface area contributed by atoms with E-state index in [1.54, 1.807) is 6.20 Å². The maximum atomic E-state index is 3.55. The smallest absolute Gasteiger partial charge is 0.0263 e. The molecule has 0 heterocycles. The van der Waals surface area contributed by atoms with Gasteiger partial charge >= 0.3 is 0 Å². The molecule has 0 aromatic heterocycles. The van der Waals surface area contributed by atoms with Crippen molar-refractivity contribution in [2.45, 2.75) is 13.8 Å². The molecule has 0 N–H and O–H groups in total. The van der Waals surface area contributed by atoms with Crippen LogP contribution in [0.5, 0.6) is 0 Å². The quantitative estimate of drug-likeness (QED) is 0.380. The molecule has 0 saturated carbocycles. The first-order valence-corrected chi connectivity index (χ1v) is 2.56. The van der Waals surface area contributed by atoms with E-state index in [-0.39, 0.29) is 0 Å². The summed E-state index contributed by atoms with van der Waals surface area (Å²) in [7, 11) is 0. The van der Waals surface area contributed by atoms with Crippen LogP contribution in [0.15, 0.2) is 28.9 Å². The molecule has 0 saturated heterocycles. The van der Waals surface area contributed by atoms with Crippen molar-refractivity contribution in [3.63, 3.8) is 0 Å². The predicted molar refractivity (Wildman–Crippen MR) is 38.1 cm³/mol. The normalized spacial score (nSPS) is 12.5. The molecule has 0 aromatic rings. The van der Waals surface area contributed by atoms with Crippen LogP contribution in [0.3, 0.4) is 0 Å². The fourth-order valence-corrected chi connectivity index (χ4v) is 0.266. The van der Waals surface area contributed by atoms with Gasteiger partial charge in [-0.15, -0.1) is 0 Å². The number of aliphatic imine (C=N–C) groups is 1. The van der Waals surface area contributed by atoms with Crippen LogP contribution in [0, 0.1) is 0 Å². The molecular formula is C7H11N. The highest BCUT2D eigenvalue weighted by Gasteiger charge is 1.71. The lowest BCUT2D eigenvalue weighted by atomic mass is 10.3. The first kappa shape index (κ1) is 7.15. The molecule has 0 aliphatic rings. The third-order valence-corrected chi connectivity index (χ3v) is 0.898. The fraction of sp³-hybridized carbons (Fsp3) is 0.286. The molecule has 0 bridgehead atoms. The summed E-state index contributed by atoms with van der Waals surface area (Å²) in [6.45, 7) is 7.31. The van der Waals surface area contributed by atoms with Crippen molar-refractivity contribution in [1.29, 1.82) is 0 Å². The zero-order valence-corrected chi connectivity index (χ0v) is 5.39. The highest BCUT2D eigenvalue weighted by atomic mass is 14.6. The van der Waals surface area contributed by atoms with E-state index < -0.39 is 0 Å². The highest BCUT2D eigenvalue weighted by Crippen LogP contribution is 1.91. The average molecular weight is 109 g/mol. The molecule has 44 valence electrons. The summed E-state index contributed by atoms with van der Waals surface area (Å²) in [5, 5.41) is 0. The van der Waals surface area contributed by atoms with E-state index in [0.29, 0.717) is 0 Å². The maximum absolute atomic E-state index is 3.55. The molecular weight excluding hydrogens is 98.1 g/mol. The zero-order valence-electron chi connectivity index (χ0n) is 5.39. The lowest BCUT2D eigenvalue weighted by molar-refractivity contribution is 1.45. The van der Waals surface area contributed by atoms with Gasteiger partial charge in [0.25, 0.3) is 0 Å². The van der Waals surface area contributed by atoms with E-state index in [0.717, 1.165) is 0 Å². The standard InChI is InChI=1S/C7H11N/c1-4-7(2)5-6-8-3/h4-6H,3H2,1-2H3. The van der Waals surface area contributed by atoms with Gasteiger partial charge in [0.05, 0.1) is 0 Å². The lowest BCUT2D eigenvalue weighted by Gasteiger charge is -1.81. The van der Waals surface area contributed by atoms with Gasteiger partial charge in [-0.2, -0.15) is 0 Å². The first-order valence-electron chi connectivity index (χ1n) is 2.56. The van der Waals surface area contributed by atoms with Crippen molar-refractivity contribution in [2.75, 3.05) is 0 Å². The summed E-state index contributed by atoms with van der Waals surface area (Å²) in [4.78, 5) is 3.55. The summed E-state index contributed by atoms with van der Waals surface area (Å²) in [5.74, 6) is 0. The molecule has 0 aliphatic carbocycles. The fourth-order valence-electron chi connectivity index (χ4n) is 0.266. The van der Waals surface area contributed by atoms with Crippen LogP contribution in [-0.4, -0.2) is 6.72 Å². The van der Waals surface area contributed by atoms with Gasteiger partial charge < -0.3 is 0 Å². The Morgan fingerprint density at radius 3 is 2.62 bits per heavy atom. The monoisotopic (exact) mass is 109 g/mol. The van der Waals surface area contributed by atoms with Crippen LogP contribution >= 0.6 is 0 Å². The van der Waals surface area contributed by atoms with Gasteiger partial charge in [-0.25, -0.2) is 0 Å². The number of hydrogen-bond acceptors (Lipinski definition) is 1. The summed E-state index contributed by atoms with van der Waals surface area (Å²) >= 11 is 0. The van der Waals surface area contributed by atoms with Crippen molar-refractivity contribution in [3.8, 4) is 0 Å². The van der Waals surface area contributed by atoms with Gasteiger partial charge in [0.2, 0.25) is 0 Å². The SMILES string of the molecule is C=NC=CC(C)=CC. The Morgan fingerprint density at radius 2 is 2.25 bits per heavy atom. The minimum atomic E-state index is 1.21. The van der Waals surface area contributed by atoms with Gasteiger partial charge in [-0.1, -0.05) is 11.6 Å². The van der Waals surface area contributed by atoms with E-state index in [4.69, 9.17) is 0 Å². The van der Waals surface area contributed by atoms with Crippen molar-refractivity contribution in [1.82, 2.24) is 0 Å². The molecule has 0 spiro atoms. The molecule has 8 heavy (non-hydrogen) atoms.